The van der Waals surface area contributed by atoms with Gasteiger partial charge in [-0.3, -0.25) is 4.79 Å². The lowest BCUT2D eigenvalue weighted by atomic mass is 10.1. The van der Waals surface area contributed by atoms with Crippen molar-refractivity contribution < 1.29 is 4.79 Å². The summed E-state index contributed by atoms with van der Waals surface area (Å²) in [5, 5.41) is 5.72. The van der Waals surface area contributed by atoms with Crippen LogP contribution in [0, 0.1) is 13.8 Å². The summed E-state index contributed by atoms with van der Waals surface area (Å²) in [7, 11) is 0. The molecule has 1 aromatic carbocycles. The lowest BCUT2D eigenvalue weighted by molar-refractivity contribution is -0.116. The number of rotatable bonds is 1. The molecule has 1 aromatic rings. The molecule has 1 aliphatic rings. The Labute approximate surface area is 102 Å². The SMILES string of the molecule is CC1=NN(c2cc(C)cc(C)c2)C(=O)C1.Cl. The van der Waals surface area contributed by atoms with Crippen molar-refractivity contribution in [1.82, 2.24) is 0 Å². The highest BCUT2D eigenvalue weighted by molar-refractivity contribution is 6.12. The highest BCUT2D eigenvalue weighted by Crippen LogP contribution is 2.23. The minimum Gasteiger partial charge on any atom is -0.272 e. The number of carbonyl (C=O) groups is 1. The standard InChI is InChI=1S/C12H14N2O.ClH/c1-8-4-9(2)6-11(5-8)14-12(15)7-10(3)13-14;/h4-6H,7H2,1-3H3;1H. The van der Waals surface area contributed by atoms with E-state index in [1.54, 1.807) is 0 Å². The molecule has 0 saturated carbocycles. The third kappa shape index (κ3) is 2.42. The van der Waals surface area contributed by atoms with E-state index in [1.165, 1.54) is 5.01 Å². The number of benzene rings is 1. The van der Waals surface area contributed by atoms with Gasteiger partial charge in [-0.25, -0.2) is 5.01 Å². The van der Waals surface area contributed by atoms with Crippen LogP contribution >= 0.6 is 12.4 Å². The summed E-state index contributed by atoms with van der Waals surface area (Å²) in [6, 6.07) is 6.04. The van der Waals surface area contributed by atoms with Crippen LogP contribution in [-0.4, -0.2) is 11.6 Å². The van der Waals surface area contributed by atoms with Crippen LogP contribution in [0.2, 0.25) is 0 Å². The van der Waals surface area contributed by atoms with Crippen molar-refractivity contribution in [1.29, 1.82) is 0 Å². The fourth-order valence-electron chi connectivity index (χ4n) is 1.83. The largest absolute Gasteiger partial charge is 0.272 e. The first-order chi connectivity index (χ1) is 7.06. The van der Waals surface area contributed by atoms with Crippen LogP contribution in [0.25, 0.3) is 0 Å². The van der Waals surface area contributed by atoms with Crippen LogP contribution in [0.4, 0.5) is 5.69 Å². The summed E-state index contributed by atoms with van der Waals surface area (Å²) in [6.07, 6.45) is 0.437. The fourth-order valence-corrected chi connectivity index (χ4v) is 1.83. The summed E-state index contributed by atoms with van der Waals surface area (Å²) < 4.78 is 0. The number of anilines is 1. The molecule has 0 aliphatic carbocycles. The average Bonchev–Trinajstić information content (AvgIpc) is 2.43. The fraction of sp³-hybridized carbons (Fsp3) is 0.333. The van der Waals surface area contributed by atoms with Gasteiger partial charge in [-0.1, -0.05) is 6.07 Å². The molecule has 1 aliphatic heterocycles. The quantitative estimate of drug-likeness (QED) is 0.741. The monoisotopic (exact) mass is 238 g/mol. The normalized spacial score (nSPS) is 14.8. The molecular formula is C12H15ClN2O. The summed E-state index contributed by atoms with van der Waals surface area (Å²) in [4.78, 5) is 11.6. The zero-order chi connectivity index (χ0) is 11.0. The van der Waals surface area contributed by atoms with Gasteiger partial charge in [-0.2, -0.15) is 5.10 Å². The molecule has 4 heteroatoms. The minimum absolute atomic E-state index is 0. The molecule has 0 saturated heterocycles. The van der Waals surface area contributed by atoms with Crippen LogP contribution in [0.3, 0.4) is 0 Å². The van der Waals surface area contributed by atoms with E-state index in [0.29, 0.717) is 6.42 Å². The lowest BCUT2D eigenvalue weighted by Gasteiger charge is -2.13. The number of hydrogen-bond acceptors (Lipinski definition) is 2. The number of amides is 1. The first-order valence-electron chi connectivity index (χ1n) is 5.01. The first-order valence-corrected chi connectivity index (χ1v) is 5.01. The topological polar surface area (TPSA) is 32.7 Å². The second-order valence-corrected chi connectivity index (χ2v) is 4.06. The van der Waals surface area contributed by atoms with Crippen LogP contribution in [0.1, 0.15) is 24.5 Å². The third-order valence-corrected chi connectivity index (χ3v) is 2.37. The zero-order valence-electron chi connectivity index (χ0n) is 9.65. The smallest absolute Gasteiger partial charge is 0.253 e. The molecule has 0 fully saturated rings. The number of nitrogens with zero attached hydrogens (tertiary/aromatic N) is 2. The van der Waals surface area contributed by atoms with Gasteiger partial charge in [0.25, 0.3) is 5.91 Å². The Morgan fingerprint density at radius 1 is 1.12 bits per heavy atom. The first kappa shape index (κ1) is 12.7. The molecule has 0 N–H and O–H groups in total. The summed E-state index contributed by atoms with van der Waals surface area (Å²) in [5.41, 5.74) is 4.05. The Bertz CT molecular complexity index is 434. The van der Waals surface area contributed by atoms with Crippen molar-refractivity contribution in [2.24, 2.45) is 5.10 Å². The van der Waals surface area contributed by atoms with E-state index in [0.717, 1.165) is 22.5 Å². The number of carbonyl (C=O) groups excluding carboxylic acids is 1. The Hall–Kier alpha value is -1.35. The minimum atomic E-state index is 0. The van der Waals surface area contributed by atoms with Crippen LogP contribution < -0.4 is 5.01 Å². The number of aryl methyl sites for hydroxylation is 2. The molecule has 16 heavy (non-hydrogen) atoms. The van der Waals surface area contributed by atoms with Crippen LogP contribution in [-0.2, 0) is 4.79 Å². The lowest BCUT2D eigenvalue weighted by Crippen LogP contribution is -2.19. The van der Waals surface area contributed by atoms with Gasteiger partial charge in [-0.15, -0.1) is 12.4 Å². The maximum Gasteiger partial charge on any atom is 0.253 e. The molecule has 1 amide bonds. The van der Waals surface area contributed by atoms with Gasteiger partial charge in [0.15, 0.2) is 0 Å². The summed E-state index contributed by atoms with van der Waals surface area (Å²) >= 11 is 0. The Balaban J connectivity index is 0.00000128. The third-order valence-electron chi connectivity index (χ3n) is 2.37. The van der Waals surface area contributed by atoms with Gasteiger partial charge in [0.05, 0.1) is 12.1 Å². The van der Waals surface area contributed by atoms with Crippen LogP contribution in [0.15, 0.2) is 23.3 Å². The van der Waals surface area contributed by atoms with Crippen molar-refractivity contribution >= 4 is 29.7 Å². The molecule has 0 bridgehead atoms. The molecule has 0 aromatic heterocycles. The molecule has 0 atom stereocenters. The molecule has 0 radical (unpaired) electrons. The predicted octanol–water partition coefficient (Wildman–Crippen LogP) is 2.84. The second kappa shape index (κ2) is 4.66. The average molecular weight is 239 g/mol. The van der Waals surface area contributed by atoms with Crippen molar-refractivity contribution in [3.63, 3.8) is 0 Å². The van der Waals surface area contributed by atoms with Crippen LogP contribution in [0.5, 0.6) is 0 Å². The summed E-state index contributed by atoms with van der Waals surface area (Å²) in [5.74, 6) is 0.0532. The van der Waals surface area contributed by atoms with Crippen molar-refractivity contribution in [3.05, 3.63) is 29.3 Å². The summed E-state index contributed by atoms with van der Waals surface area (Å²) in [6.45, 7) is 5.92. The highest BCUT2D eigenvalue weighted by atomic mass is 35.5. The van der Waals surface area contributed by atoms with E-state index in [1.807, 2.05) is 32.9 Å². The number of hydrazone groups is 1. The maximum atomic E-state index is 11.6. The number of halogens is 1. The highest BCUT2D eigenvalue weighted by Gasteiger charge is 2.22. The zero-order valence-corrected chi connectivity index (χ0v) is 10.5. The van der Waals surface area contributed by atoms with Crippen molar-refractivity contribution in [2.75, 3.05) is 5.01 Å². The van der Waals surface area contributed by atoms with Crippen molar-refractivity contribution in [3.8, 4) is 0 Å². The van der Waals surface area contributed by atoms with E-state index in [4.69, 9.17) is 0 Å². The Morgan fingerprint density at radius 2 is 1.69 bits per heavy atom. The van der Waals surface area contributed by atoms with Gasteiger partial charge in [0, 0.05) is 5.71 Å². The number of hydrogen-bond donors (Lipinski definition) is 0. The second-order valence-electron chi connectivity index (χ2n) is 4.06. The molecule has 86 valence electrons. The van der Waals surface area contributed by atoms with Gasteiger partial charge in [-0.05, 0) is 44.0 Å². The molecule has 1 heterocycles. The molecular weight excluding hydrogens is 224 g/mol. The Kier molecular flexibility index (Phi) is 3.70. The molecule has 0 spiro atoms. The Morgan fingerprint density at radius 3 is 2.12 bits per heavy atom. The predicted molar refractivity (Wildman–Crippen MR) is 68.4 cm³/mol. The van der Waals surface area contributed by atoms with Gasteiger partial charge in [0.2, 0.25) is 0 Å². The van der Waals surface area contributed by atoms with E-state index < -0.39 is 0 Å². The van der Waals surface area contributed by atoms with Gasteiger partial charge >= 0.3 is 0 Å². The van der Waals surface area contributed by atoms with Gasteiger partial charge in [0.1, 0.15) is 0 Å². The van der Waals surface area contributed by atoms with E-state index in [-0.39, 0.29) is 18.3 Å². The molecule has 0 unspecified atom stereocenters. The van der Waals surface area contributed by atoms with E-state index in [2.05, 4.69) is 11.2 Å². The molecule has 2 rings (SSSR count). The molecule has 3 nitrogen and oxygen atoms in total. The van der Waals surface area contributed by atoms with E-state index >= 15 is 0 Å². The van der Waals surface area contributed by atoms with Gasteiger partial charge < -0.3 is 0 Å². The maximum absolute atomic E-state index is 11.6. The van der Waals surface area contributed by atoms with Crippen molar-refractivity contribution in [2.45, 2.75) is 27.2 Å². The van der Waals surface area contributed by atoms with E-state index in [9.17, 15) is 4.79 Å².